The highest BCUT2D eigenvalue weighted by Crippen LogP contribution is 2.30. The number of carbonyl (C=O) groups excluding carboxylic acids is 2. The van der Waals surface area contributed by atoms with E-state index < -0.39 is 10.8 Å². The maximum absolute atomic E-state index is 12.0. The summed E-state index contributed by atoms with van der Waals surface area (Å²) in [5.41, 5.74) is 2.30. The first-order valence-electron chi connectivity index (χ1n) is 6.28. The number of rotatable bonds is 2. The molecule has 0 amide bonds. The maximum atomic E-state index is 12.0. The number of carbonyl (C=O) groups is 2. The Morgan fingerprint density at radius 1 is 1.10 bits per heavy atom. The second-order valence-electron chi connectivity index (χ2n) is 4.64. The summed E-state index contributed by atoms with van der Waals surface area (Å²) in [4.78, 5) is 28.1. The van der Waals surface area contributed by atoms with Gasteiger partial charge in [0.2, 0.25) is 0 Å². The monoisotopic (exact) mass is 413 g/mol. The zero-order chi connectivity index (χ0) is 15.6. The van der Waals surface area contributed by atoms with Gasteiger partial charge in [-0.25, -0.2) is 4.79 Å². The fraction of sp³-hybridized carbons (Fsp3) is 0.267. The first kappa shape index (κ1) is 16.1. The van der Waals surface area contributed by atoms with Crippen LogP contribution in [-0.2, 0) is 9.63 Å². The maximum Gasteiger partial charge on any atom is 0.365 e. The summed E-state index contributed by atoms with van der Waals surface area (Å²) in [7, 11) is 0. The summed E-state index contributed by atoms with van der Waals surface area (Å²) in [6.07, 6.45) is 0. The zero-order valence-electron chi connectivity index (χ0n) is 11.5. The van der Waals surface area contributed by atoms with E-state index in [4.69, 9.17) is 4.84 Å². The van der Waals surface area contributed by atoms with Crippen molar-refractivity contribution in [1.29, 1.82) is 0 Å². The number of nitrogens with zero attached hydrogens (tertiary/aromatic N) is 1. The van der Waals surface area contributed by atoms with Crippen molar-refractivity contribution in [3.8, 4) is 0 Å². The van der Waals surface area contributed by atoms with Gasteiger partial charge in [-0.15, -0.1) is 0 Å². The Labute approximate surface area is 139 Å². The molecular formula is C15H13Br2NO3. The van der Waals surface area contributed by atoms with Gasteiger partial charge in [-0.05, 0) is 37.1 Å². The van der Waals surface area contributed by atoms with E-state index in [2.05, 4.69) is 37.0 Å². The molecule has 6 heteroatoms. The normalized spacial score (nSPS) is 24.4. The predicted octanol–water partition coefficient (Wildman–Crippen LogP) is 3.65. The van der Waals surface area contributed by atoms with Crippen LogP contribution in [-0.4, -0.2) is 27.1 Å². The molecule has 4 nitrogen and oxygen atoms in total. The molecule has 1 aromatic rings. The summed E-state index contributed by atoms with van der Waals surface area (Å²) in [6, 6.07) is 8.62. The molecule has 2 rings (SSSR count). The standard InChI is InChI=1S/C15H13Br2NO3/c1-8-9(2)14(19)12(17)11(16)13(8)18-21-15(20)10-6-4-3-5-7-10/h3-7,11-12H,1-2H3. The fourth-order valence-corrected chi connectivity index (χ4v) is 3.16. The number of hydrogen-bond donors (Lipinski definition) is 0. The van der Waals surface area contributed by atoms with Crippen LogP contribution >= 0.6 is 31.9 Å². The van der Waals surface area contributed by atoms with E-state index in [1.165, 1.54) is 0 Å². The van der Waals surface area contributed by atoms with E-state index in [-0.39, 0.29) is 10.6 Å². The molecule has 2 atom stereocenters. The third kappa shape index (κ3) is 3.32. The van der Waals surface area contributed by atoms with E-state index in [0.29, 0.717) is 16.8 Å². The molecule has 0 N–H and O–H groups in total. The van der Waals surface area contributed by atoms with E-state index in [1.54, 1.807) is 38.1 Å². The lowest BCUT2D eigenvalue weighted by Crippen LogP contribution is -2.38. The smallest absolute Gasteiger partial charge is 0.312 e. The molecule has 110 valence electrons. The largest absolute Gasteiger partial charge is 0.365 e. The summed E-state index contributed by atoms with van der Waals surface area (Å²) in [5.74, 6) is -0.529. The van der Waals surface area contributed by atoms with Gasteiger partial charge in [0.1, 0.15) is 0 Å². The van der Waals surface area contributed by atoms with Gasteiger partial charge in [-0.1, -0.05) is 55.2 Å². The molecule has 21 heavy (non-hydrogen) atoms. The Bertz CT molecular complexity index is 638. The van der Waals surface area contributed by atoms with Gasteiger partial charge in [-0.3, -0.25) is 4.79 Å². The molecule has 0 spiro atoms. The molecule has 2 unspecified atom stereocenters. The first-order valence-corrected chi connectivity index (χ1v) is 8.11. The average Bonchev–Trinajstić information content (AvgIpc) is 2.51. The number of allylic oxidation sites excluding steroid dienone is 2. The number of hydrogen-bond acceptors (Lipinski definition) is 4. The van der Waals surface area contributed by atoms with Crippen molar-refractivity contribution in [1.82, 2.24) is 0 Å². The minimum atomic E-state index is -0.531. The van der Waals surface area contributed by atoms with Crippen molar-refractivity contribution in [2.75, 3.05) is 0 Å². The van der Waals surface area contributed by atoms with Gasteiger partial charge in [0.05, 0.1) is 20.9 Å². The van der Waals surface area contributed by atoms with E-state index in [0.717, 1.165) is 5.57 Å². The summed E-state index contributed by atoms with van der Waals surface area (Å²) >= 11 is 6.74. The number of benzene rings is 1. The van der Waals surface area contributed by atoms with E-state index in [1.807, 2.05) is 6.07 Å². The molecule has 0 saturated heterocycles. The SMILES string of the molecule is CC1=C(C)C(=NOC(=O)c2ccccc2)C(Br)C(Br)C1=O. The van der Waals surface area contributed by atoms with Crippen LogP contribution in [0.15, 0.2) is 46.6 Å². The number of oxime groups is 1. The lowest BCUT2D eigenvalue weighted by molar-refractivity contribution is -0.114. The minimum Gasteiger partial charge on any atom is -0.312 e. The molecule has 0 aromatic heterocycles. The number of alkyl halides is 2. The van der Waals surface area contributed by atoms with Gasteiger partial charge < -0.3 is 4.84 Å². The molecule has 1 aromatic carbocycles. The van der Waals surface area contributed by atoms with Crippen molar-refractivity contribution in [3.63, 3.8) is 0 Å². The molecular weight excluding hydrogens is 402 g/mol. The van der Waals surface area contributed by atoms with Gasteiger partial charge in [0, 0.05) is 0 Å². The van der Waals surface area contributed by atoms with Gasteiger partial charge in [-0.2, -0.15) is 0 Å². The Hall–Kier alpha value is -1.27. The molecule has 0 fully saturated rings. The molecule has 0 saturated carbocycles. The van der Waals surface area contributed by atoms with Crippen LogP contribution in [0.4, 0.5) is 0 Å². The molecule has 0 bridgehead atoms. The van der Waals surface area contributed by atoms with Crippen LogP contribution < -0.4 is 0 Å². The number of halogens is 2. The van der Waals surface area contributed by atoms with Gasteiger partial charge >= 0.3 is 5.97 Å². The molecule has 0 radical (unpaired) electrons. The van der Waals surface area contributed by atoms with Crippen LogP contribution in [0.1, 0.15) is 24.2 Å². The van der Waals surface area contributed by atoms with E-state index in [9.17, 15) is 9.59 Å². The minimum absolute atomic E-state index is 0.00251. The Balaban J connectivity index is 2.24. The highest BCUT2D eigenvalue weighted by molar-refractivity contribution is 9.12. The first-order chi connectivity index (χ1) is 9.93. The van der Waals surface area contributed by atoms with Crippen molar-refractivity contribution >= 4 is 49.3 Å². The highest BCUT2D eigenvalue weighted by Gasteiger charge is 2.36. The third-order valence-electron chi connectivity index (χ3n) is 3.32. The van der Waals surface area contributed by atoms with Crippen LogP contribution in [0, 0.1) is 0 Å². The van der Waals surface area contributed by atoms with Crippen LogP contribution in [0.25, 0.3) is 0 Å². The molecule has 1 aliphatic carbocycles. The highest BCUT2D eigenvalue weighted by atomic mass is 79.9. The quantitative estimate of drug-likeness (QED) is 0.421. The Morgan fingerprint density at radius 3 is 2.33 bits per heavy atom. The molecule has 1 aliphatic rings. The molecule has 0 heterocycles. The van der Waals surface area contributed by atoms with E-state index >= 15 is 0 Å². The summed E-state index contributed by atoms with van der Waals surface area (Å²) < 4.78 is 0. The Kier molecular flexibility index (Phi) is 5.11. The lowest BCUT2D eigenvalue weighted by Gasteiger charge is -2.25. The second kappa shape index (κ2) is 6.66. The van der Waals surface area contributed by atoms with Gasteiger partial charge in [0.15, 0.2) is 5.78 Å². The van der Waals surface area contributed by atoms with Crippen LogP contribution in [0.5, 0.6) is 0 Å². The third-order valence-corrected chi connectivity index (χ3v) is 5.94. The zero-order valence-corrected chi connectivity index (χ0v) is 14.6. The van der Waals surface area contributed by atoms with Crippen molar-refractivity contribution < 1.29 is 14.4 Å². The van der Waals surface area contributed by atoms with Crippen LogP contribution in [0.2, 0.25) is 0 Å². The predicted molar refractivity (Wildman–Crippen MR) is 88.1 cm³/mol. The second-order valence-corrected chi connectivity index (χ2v) is 6.61. The topological polar surface area (TPSA) is 55.7 Å². The van der Waals surface area contributed by atoms with Crippen molar-refractivity contribution in [3.05, 3.63) is 47.0 Å². The average molecular weight is 415 g/mol. The van der Waals surface area contributed by atoms with Crippen LogP contribution in [0.3, 0.4) is 0 Å². The van der Waals surface area contributed by atoms with Crippen molar-refractivity contribution in [2.24, 2.45) is 5.16 Å². The Morgan fingerprint density at radius 2 is 1.71 bits per heavy atom. The van der Waals surface area contributed by atoms with Gasteiger partial charge in [0.25, 0.3) is 0 Å². The lowest BCUT2D eigenvalue weighted by atomic mass is 9.91. The fourth-order valence-electron chi connectivity index (χ4n) is 1.90. The summed E-state index contributed by atoms with van der Waals surface area (Å²) in [5, 5.41) is 3.94. The summed E-state index contributed by atoms with van der Waals surface area (Å²) in [6.45, 7) is 3.52. The number of ketones is 1. The number of Topliss-reactive ketones (excluding diaryl/α,β-unsaturated/α-hetero) is 1. The molecule has 0 aliphatic heterocycles. The van der Waals surface area contributed by atoms with Crippen molar-refractivity contribution in [2.45, 2.75) is 23.5 Å².